The van der Waals surface area contributed by atoms with Crippen molar-refractivity contribution in [3.63, 3.8) is 0 Å². The van der Waals surface area contributed by atoms with Gasteiger partial charge in [-0.15, -0.1) is 0 Å². The maximum atomic E-state index is 10.9. The number of carbonyl (C=O) groups is 2. The van der Waals surface area contributed by atoms with Crippen molar-refractivity contribution in [2.24, 2.45) is 0 Å². The predicted octanol–water partition coefficient (Wildman–Crippen LogP) is 1.39. The van der Waals surface area contributed by atoms with Gasteiger partial charge in [-0.2, -0.15) is 0 Å². The summed E-state index contributed by atoms with van der Waals surface area (Å²) < 4.78 is 0. The van der Waals surface area contributed by atoms with E-state index in [0.29, 0.717) is 12.0 Å². The van der Waals surface area contributed by atoms with Gasteiger partial charge in [0.1, 0.15) is 0 Å². The molecule has 11 heavy (non-hydrogen) atoms. The van der Waals surface area contributed by atoms with Crippen LogP contribution in [0, 0.1) is 0 Å². The zero-order valence-corrected chi connectivity index (χ0v) is 6.97. The maximum Gasteiger partial charge on any atom is 0.331 e. The molecule has 0 heterocycles. The molecule has 62 valence electrons. The molecule has 0 aliphatic carbocycles. The molecule has 0 aromatic carbocycles. The van der Waals surface area contributed by atoms with Gasteiger partial charge in [0.05, 0.1) is 0 Å². The van der Waals surface area contributed by atoms with Crippen molar-refractivity contribution in [1.82, 2.24) is 0 Å². The second-order valence-electron chi connectivity index (χ2n) is 2.33. The third kappa shape index (κ3) is 2.53. The normalized spacial score (nSPS) is 12.3. The monoisotopic (exact) mass is 156 g/mol. The number of aliphatic carboxylic acids is 1. The lowest BCUT2D eigenvalue weighted by molar-refractivity contribution is -0.133. The highest BCUT2D eigenvalue weighted by molar-refractivity contribution is 6.02. The summed E-state index contributed by atoms with van der Waals surface area (Å²) in [5.41, 5.74) is 0.483. The van der Waals surface area contributed by atoms with Crippen LogP contribution in [0.1, 0.15) is 27.2 Å². The SMILES string of the molecule is CCC(=O)C(C)=C(C)C(=O)O. The first-order chi connectivity index (χ1) is 5.00. The van der Waals surface area contributed by atoms with Crippen LogP contribution in [-0.2, 0) is 9.59 Å². The summed E-state index contributed by atoms with van der Waals surface area (Å²) in [5.74, 6) is -1.13. The number of ketones is 1. The summed E-state index contributed by atoms with van der Waals surface area (Å²) in [5, 5.41) is 8.49. The number of allylic oxidation sites excluding steroid dienone is 1. The Morgan fingerprint density at radius 1 is 1.18 bits per heavy atom. The average molecular weight is 156 g/mol. The fourth-order valence-electron chi connectivity index (χ4n) is 0.635. The van der Waals surface area contributed by atoms with Crippen molar-refractivity contribution >= 4 is 11.8 Å². The first kappa shape index (κ1) is 9.88. The van der Waals surface area contributed by atoms with E-state index in [9.17, 15) is 9.59 Å². The number of Topliss-reactive ketones (excluding diaryl/α,β-unsaturated/α-hetero) is 1. The molecule has 0 amide bonds. The summed E-state index contributed by atoms with van der Waals surface area (Å²) in [4.78, 5) is 21.3. The van der Waals surface area contributed by atoms with Gasteiger partial charge in [0.2, 0.25) is 0 Å². The summed E-state index contributed by atoms with van der Waals surface area (Å²) in [6.07, 6.45) is 0.358. The quantitative estimate of drug-likeness (QED) is 0.628. The minimum atomic E-state index is -1.02. The van der Waals surface area contributed by atoms with Crippen LogP contribution in [-0.4, -0.2) is 16.9 Å². The second-order valence-corrected chi connectivity index (χ2v) is 2.33. The topological polar surface area (TPSA) is 54.4 Å². The van der Waals surface area contributed by atoms with E-state index in [1.165, 1.54) is 13.8 Å². The molecule has 3 nitrogen and oxygen atoms in total. The van der Waals surface area contributed by atoms with Crippen LogP contribution < -0.4 is 0 Å². The average Bonchev–Trinajstić information content (AvgIpc) is 2.00. The van der Waals surface area contributed by atoms with E-state index >= 15 is 0 Å². The van der Waals surface area contributed by atoms with E-state index in [2.05, 4.69) is 0 Å². The van der Waals surface area contributed by atoms with E-state index in [1.807, 2.05) is 0 Å². The third-order valence-corrected chi connectivity index (χ3v) is 1.62. The molecule has 0 spiro atoms. The number of carboxylic acids is 1. The lowest BCUT2D eigenvalue weighted by atomic mass is 10.1. The fourth-order valence-corrected chi connectivity index (χ4v) is 0.635. The first-order valence-electron chi connectivity index (χ1n) is 3.44. The Bertz CT molecular complexity index is 213. The molecule has 0 fully saturated rings. The van der Waals surface area contributed by atoms with Gasteiger partial charge in [-0.1, -0.05) is 6.92 Å². The smallest absolute Gasteiger partial charge is 0.331 e. The number of hydrogen-bond donors (Lipinski definition) is 1. The van der Waals surface area contributed by atoms with Crippen LogP contribution >= 0.6 is 0 Å². The number of carbonyl (C=O) groups excluding carboxylic acids is 1. The van der Waals surface area contributed by atoms with Crippen molar-refractivity contribution in [2.45, 2.75) is 27.2 Å². The molecular formula is C8H12O3. The molecule has 0 bridgehead atoms. The molecule has 0 radical (unpaired) electrons. The van der Waals surface area contributed by atoms with Gasteiger partial charge in [0, 0.05) is 17.6 Å². The second kappa shape index (κ2) is 3.91. The van der Waals surface area contributed by atoms with E-state index in [-0.39, 0.29) is 11.4 Å². The van der Waals surface area contributed by atoms with E-state index in [0.717, 1.165) is 0 Å². The van der Waals surface area contributed by atoms with Gasteiger partial charge < -0.3 is 5.11 Å². The summed E-state index contributed by atoms with van der Waals surface area (Å²) in [6.45, 7) is 4.68. The van der Waals surface area contributed by atoms with Gasteiger partial charge in [-0.3, -0.25) is 4.79 Å². The third-order valence-electron chi connectivity index (χ3n) is 1.62. The van der Waals surface area contributed by atoms with Crippen molar-refractivity contribution < 1.29 is 14.7 Å². The molecule has 0 unspecified atom stereocenters. The highest BCUT2D eigenvalue weighted by Crippen LogP contribution is 2.06. The Kier molecular flexibility index (Phi) is 3.51. The molecule has 0 saturated heterocycles. The fraction of sp³-hybridized carbons (Fsp3) is 0.500. The van der Waals surface area contributed by atoms with E-state index < -0.39 is 5.97 Å². The van der Waals surface area contributed by atoms with Gasteiger partial charge in [0.25, 0.3) is 0 Å². The van der Waals surface area contributed by atoms with E-state index in [1.54, 1.807) is 6.92 Å². The highest BCUT2D eigenvalue weighted by Gasteiger charge is 2.09. The Balaban J connectivity index is 4.66. The number of carboxylic acid groups (broad SMARTS) is 1. The number of hydrogen-bond acceptors (Lipinski definition) is 2. The van der Waals surface area contributed by atoms with E-state index in [4.69, 9.17) is 5.11 Å². The first-order valence-corrected chi connectivity index (χ1v) is 3.44. The van der Waals surface area contributed by atoms with Gasteiger partial charge in [-0.25, -0.2) is 4.79 Å². The molecule has 0 rings (SSSR count). The van der Waals surface area contributed by atoms with Crippen molar-refractivity contribution in [1.29, 1.82) is 0 Å². The Morgan fingerprint density at radius 2 is 1.64 bits per heavy atom. The molecule has 0 aliphatic heterocycles. The summed E-state index contributed by atoms with van der Waals surface area (Å²) in [7, 11) is 0. The van der Waals surface area contributed by atoms with Crippen LogP contribution in [0.15, 0.2) is 11.1 Å². The van der Waals surface area contributed by atoms with Gasteiger partial charge >= 0.3 is 5.97 Å². The van der Waals surface area contributed by atoms with Crippen LogP contribution in [0.3, 0.4) is 0 Å². The van der Waals surface area contributed by atoms with Crippen molar-refractivity contribution in [3.8, 4) is 0 Å². The minimum absolute atomic E-state index is 0.107. The molecule has 0 saturated carbocycles. The van der Waals surface area contributed by atoms with Crippen molar-refractivity contribution in [2.75, 3.05) is 0 Å². The largest absolute Gasteiger partial charge is 0.478 e. The molecule has 0 aromatic rings. The predicted molar refractivity (Wildman–Crippen MR) is 41.3 cm³/mol. The standard InChI is InChI=1S/C8H12O3/c1-4-7(9)5(2)6(3)8(10)11/h4H2,1-3H3,(H,10,11). The Hall–Kier alpha value is -1.12. The van der Waals surface area contributed by atoms with Gasteiger partial charge in [0.15, 0.2) is 5.78 Å². The van der Waals surface area contributed by atoms with Gasteiger partial charge in [-0.05, 0) is 13.8 Å². The van der Waals surface area contributed by atoms with Crippen LogP contribution in [0.25, 0.3) is 0 Å². The highest BCUT2D eigenvalue weighted by atomic mass is 16.4. The molecule has 0 aliphatic rings. The maximum absolute atomic E-state index is 10.9. The zero-order chi connectivity index (χ0) is 9.02. The lowest BCUT2D eigenvalue weighted by Crippen LogP contribution is -2.06. The summed E-state index contributed by atoms with van der Waals surface area (Å²) >= 11 is 0. The molecule has 0 aromatic heterocycles. The molecular weight excluding hydrogens is 144 g/mol. The molecule has 0 atom stereocenters. The Labute approximate surface area is 65.7 Å². The van der Waals surface area contributed by atoms with Crippen LogP contribution in [0.4, 0.5) is 0 Å². The van der Waals surface area contributed by atoms with Crippen molar-refractivity contribution in [3.05, 3.63) is 11.1 Å². The van der Waals surface area contributed by atoms with Crippen LogP contribution in [0.5, 0.6) is 0 Å². The number of rotatable bonds is 3. The molecule has 1 N–H and O–H groups in total. The Morgan fingerprint density at radius 3 is 1.91 bits per heavy atom. The summed E-state index contributed by atoms with van der Waals surface area (Å²) in [6, 6.07) is 0. The minimum Gasteiger partial charge on any atom is -0.478 e. The lowest BCUT2D eigenvalue weighted by Gasteiger charge is -1.99. The zero-order valence-electron chi connectivity index (χ0n) is 6.97. The molecule has 3 heteroatoms. The van der Waals surface area contributed by atoms with Crippen LogP contribution in [0.2, 0.25) is 0 Å².